The van der Waals surface area contributed by atoms with Crippen LogP contribution in [0.5, 0.6) is 5.75 Å². The number of benzene rings is 2. The first-order valence-electron chi connectivity index (χ1n) is 17.4. The van der Waals surface area contributed by atoms with Crippen LogP contribution in [-0.4, -0.2) is 91.5 Å². The van der Waals surface area contributed by atoms with E-state index >= 15 is 0 Å². The number of aliphatic hydroxyl groups excluding tert-OH is 5. The minimum Gasteiger partial charge on any atom is -0.490 e. The molecule has 2 fully saturated rings. The summed E-state index contributed by atoms with van der Waals surface area (Å²) < 4.78 is 6.26. The fourth-order valence-corrected chi connectivity index (χ4v) is 6.51. The van der Waals surface area contributed by atoms with E-state index in [0.717, 1.165) is 61.0 Å². The smallest absolute Gasteiger partial charge is 0.219 e. The summed E-state index contributed by atoms with van der Waals surface area (Å²) in [5.74, 6) is 0.888. The molecule has 5 rings (SSSR count). The van der Waals surface area contributed by atoms with Crippen molar-refractivity contribution in [2.45, 2.75) is 107 Å². The van der Waals surface area contributed by atoms with E-state index in [0.29, 0.717) is 30.6 Å². The normalized spacial score (nSPS) is 18.3. The van der Waals surface area contributed by atoms with Crippen molar-refractivity contribution >= 4 is 17.5 Å². The van der Waals surface area contributed by atoms with Gasteiger partial charge in [-0.05, 0) is 84.9 Å². The third-order valence-corrected chi connectivity index (χ3v) is 10.2. The van der Waals surface area contributed by atoms with Crippen LogP contribution in [0.4, 0.5) is 0 Å². The van der Waals surface area contributed by atoms with Crippen LogP contribution in [0.2, 0.25) is 5.02 Å². The average molecular weight is 696 g/mol. The molecular formula is C38H50ClN3O7. The quantitative estimate of drug-likeness (QED) is 0.101. The predicted octanol–water partition coefficient (Wildman–Crippen LogP) is 4.28. The van der Waals surface area contributed by atoms with Crippen molar-refractivity contribution in [1.29, 1.82) is 0 Å². The molecule has 6 N–H and O–H groups in total. The van der Waals surface area contributed by atoms with Crippen LogP contribution in [-0.2, 0) is 16.9 Å². The molecule has 2 aliphatic rings. The summed E-state index contributed by atoms with van der Waals surface area (Å²) in [6, 6.07) is 16.5. The number of pyridine rings is 1. The lowest BCUT2D eigenvalue weighted by atomic mass is 9.93. The Hall–Kier alpha value is -3.09. The van der Waals surface area contributed by atoms with E-state index in [1.54, 1.807) is 0 Å². The van der Waals surface area contributed by atoms with Crippen molar-refractivity contribution in [2.24, 2.45) is 0 Å². The number of carbonyl (C=O) groups is 1. The van der Waals surface area contributed by atoms with Gasteiger partial charge in [0.25, 0.3) is 0 Å². The Kier molecular flexibility index (Phi) is 12.7. The zero-order valence-corrected chi connectivity index (χ0v) is 29.1. The minimum absolute atomic E-state index is 0.190. The zero-order chi connectivity index (χ0) is 35.1. The van der Waals surface area contributed by atoms with E-state index in [4.69, 9.17) is 21.4 Å². The summed E-state index contributed by atoms with van der Waals surface area (Å²) >= 11 is 6.71. The monoisotopic (exact) mass is 695 g/mol. The van der Waals surface area contributed by atoms with Crippen LogP contribution >= 0.6 is 11.6 Å². The Morgan fingerprint density at radius 3 is 2.47 bits per heavy atom. The molecule has 2 saturated carbocycles. The van der Waals surface area contributed by atoms with Crippen LogP contribution in [0.3, 0.4) is 0 Å². The van der Waals surface area contributed by atoms with E-state index in [2.05, 4.69) is 47.6 Å². The highest BCUT2D eigenvalue weighted by Gasteiger charge is 2.46. The molecule has 49 heavy (non-hydrogen) atoms. The van der Waals surface area contributed by atoms with Crippen LogP contribution in [0.15, 0.2) is 60.9 Å². The molecule has 2 aromatic carbocycles. The van der Waals surface area contributed by atoms with Crippen LogP contribution in [0.25, 0.3) is 11.1 Å². The largest absolute Gasteiger partial charge is 0.490 e. The molecular weight excluding hydrogens is 646 g/mol. The third kappa shape index (κ3) is 9.58. The molecule has 10 nitrogen and oxygen atoms in total. The second-order valence-electron chi connectivity index (χ2n) is 13.7. The molecule has 5 unspecified atom stereocenters. The maximum absolute atomic E-state index is 12.2. The van der Waals surface area contributed by atoms with Crippen molar-refractivity contribution < 1.29 is 35.1 Å². The number of hydrogen-bond acceptors (Lipinski definition) is 9. The van der Waals surface area contributed by atoms with Crippen molar-refractivity contribution in [1.82, 2.24) is 15.2 Å². The molecule has 0 radical (unpaired) electrons. The van der Waals surface area contributed by atoms with Gasteiger partial charge < -0.3 is 40.5 Å². The van der Waals surface area contributed by atoms with Gasteiger partial charge in [-0.25, -0.2) is 0 Å². The van der Waals surface area contributed by atoms with Crippen molar-refractivity contribution in [3.05, 3.63) is 82.6 Å². The number of nitrogens with one attached hydrogen (secondary N) is 1. The van der Waals surface area contributed by atoms with E-state index in [1.165, 1.54) is 23.0 Å². The Morgan fingerprint density at radius 2 is 1.78 bits per heavy atom. The Labute approximate surface area is 293 Å². The van der Waals surface area contributed by atoms with Gasteiger partial charge in [-0.2, -0.15) is 0 Å². The zero-order valence-electron chi connectivity index (χ0n) is 28.3. The fourth-order valence-electron chi connectivity index (χ4n) is 6.33. The Balaban J connectivity index is 1.16. The highest BCUT2D eigenvalue weighted by atomic mass is 35.5. The average Bonchev–Trinajstić information content (AvgIpc) is 4.05. The van der Waals surface area contributed by atoms with Gasteiger partial charge in [-0.3, -0.25) is 9.78 Å². The first-order valence-corrected chi connectivity index (χ1v) is 17.7. The maximum Gasteiger partial charge on any atom is 0.219 e. The molecule has 2 aliphatic carbocycles. The predicted molar refractivity (Wildman–Crippen MR) is 188 cm³/mol. The van der Waals surface area contributed by atoms with Crippen molar-refractivity contribution in [3.63, 3.8) is 0 Å². The lowest BCUT2D eigenvalue weighted by Gasteiger charge is -2.30. The first-order chi connectivity index (χ1) is 23.5. The first kappa shape index (κ1) is 37.2. The minimum atomic E-state index is -1.73. The van der Waals surface area contributed by atoms with Crippen LogP contribution in [0.1, 0.15) is 81.4 Å². The molecule has 266 valence electrons. The summed E-state index contributed by atoms with van der Waals surface area (Å²) in [6.07, 6.45) is 4.21. The van der Waals surface area contributed by atoms with Crippen molar-refractivity contribution in [2.75, 3.05) is 19.7 Å². The SMILES string of the molecule is CC(=O)N(CCCCC(C)c1ccc(Cl)c(CNC2(c3cnccc3-c3ccccc3OC3CC3)CC2)c1)CC(O)C(O)C(O)C(O)CO. The van der Waals surface area contributed by atoms with Gasteiger partial charge in [-0.1, -0.05) is 55.3 Å². The number of aliphatic hydroxyl groups is 5. The molecule has 5 atom stereocenters. The lowest BCUT2D eigenvalue weighted by Crippen LogP contribution is -2.50. The number of aromatic nitrogens is 1. The number of para-hydroxylation sites is 1. The summed E-state index contributed by atoms with van der Waals surface area (Å²) in [5, 5.41) is 53.5. The number of ether oxygens (including phenoxy) is 1. The molecule has 0 bridgehead atoms. The molecule has 0 aliphatic heterocycles. The van der Waals surface area contributed by atoms with Gasteiger partial charge in [0.05, 0.1) is 12.7 Å². The number of rotatable bonds is 19. The Morgan fingerprint density at radius 1 is 1.04 bits per heavy atom. The molecule has 1 aromatic heterocycles. The van der Waals surface area contributed by atoms with Gasteiger partial charge in [0.15, 0.2) is 0 Å². The standard InChI is InChI=1S/C38H50ClN3O7/c1-24(7-5-6-18-42(25(2)44)22-33(45)36(47)37(48)34(46)23-43)26-10-13-32(39)27(19-26)20-41-38(15-16-38)31-21-40-17-14-29(31)30-8-3-4-9-35(30)49-28-11-12-28/h3-4,8-10,13-14,17,19,21,24,28,33-34,36-37,41,43,45-48H,5-7,11-12,15-16,18,20,22-23H2,1-2H3. The highest BCUT2D eigenvalue weighted by Crippen LogP contribution is 2.50. The molecule has 0 saturated heterocycles. The highest BCUT2D eigenvalue weighted by molar-refractivity contribution is 6.31. The summed E-state index contributed by atoms with van der Waals surface area (Å²) in [4.78, 5) is 18.1. The molecule has 11 heteroatoms. The second-order valence-corrected chi connectivity index (χ2v) is 14.1. The summed E-state index contributed by atoms with van der Waals surface area (Å²) in [5.41, 5.74) is 5.41. The van der Waals surface area contributed by atoms with Gasteiger partial charge in [0.2, 0.25) is 5.91 Å². The van der Waals surface area contributed by atoms with Gasteiger partial charge in [-0.15, -0.1) is 0 Å². The Bertz CT molecular complexity index is 1550. The number of nitrogens with zero attached hydrogens (tertiary/aromatic N) is 2. The van der Waals surface area contributed by atoms with E-state index in [1.807, 2.05) is 30.6 Å². The lowest BCUT2D eigenvalue weighted by molar-refractivity contribution is -0.138. The van der Waals surface area contributed by atoms with Gasteiger partial charge in [0.1, 0.15) is 30.2 Å². The summed E-state index contributed by atoms with van der Waals surface area (Å²) in [7, 11) is 0. The van der Waals surface area contributed by atoms with Gasteiger partial charge >= 0.3 is 0 Å². The van der Waals surface area contributed by atoms with Gasteiger partial charge in [0, 0.05) is 55.1 Å². The molecule has 1 heterocycles. The van der Waals surface area contributed by atoms with Crippen molar-refractivity contribution in [3.8, 4) is 16.9 Å². The van der Waals surface area contributed by atoms with Crippen LogP contribution in [0, 0.1) is 0 Å². The maximum atomic E-state index is 12.2. The van der Waals surface area contributed by atoms with E-state index in [-0.39, 0.29) is 23.9 Å². The molecule has 1 amide bonds. The van der Waals surface area contributed by atoms with Crippen LogP contribution < -0.4 is 10.1 Å². The molecule has 0 spiro atoms. The number of unbranched alkanes of at least 4 members (excludes halogenated alkanes) is 1. The van der Waals surface area contributed by atoms with E-state index < -0.39 is 31.0 Å². The van der Waals surface area contributed by atoms with E-state index in [9.17, 15) is 25.2 Å². The number of amides is 1. The number of carbonyl (C=O) groups excluding carboxylic acids is 1. The number of halogens is 1. The third-order valence-electron chi connectivity index (χ3n) is 9.83. The topological polar surface area (TPSA) is 156 Å². The second kappa shape index (κ2) is 16.7. The number of hydrogen-bond donors (Lipinski definition) is 6. The fraction of sp³-hybridized carbons (Fsp3) is 0.526. The molecule has 3 aromatic rings. The summed E-state index contributed by atoms with van der Waals surface area (Å²) in [6.45, 7) is 3.58.